The van der Waals surface area contributed by atoms with Crippen molar-refractivity contribution in [2.75, 3.05) is 26.2 Å². The Morgan fingerprint density at radius 1 is 1.27 bits per heavy atom. The lowest BCUT2D eigenvalue weighted by atomic mass is 9.81. The molecule has 3 N–H and O–H groups in total. The van der Waals surface area contributed by atoms with E-state index in [-0.39, 0.29) is 17.4 Å². The molecule has 2 atom stereocenters. The van der Waals surface area contributed by atoms with Gasteiger partial charge in [0, 0.05) is 31.1 Å². The monoisotopic (exact) mass is 311 g/mol. The first-order valence-electron chi connectivity index (χ1n) is 8.73. The molecule has 0 unspecified atom stereocenters. The number of nitrogens with one attached hydrogen (secondary N) is 2. The number of carbonyl (C=O) groups is 1. The molecule has 0 radical (unpaired) electrons. The van der Waals surface area contributed by atoms with Crippen molar-refractivity contribution in [1.82, 2.24) is 15.5 Å². The number of nitrogens with zero attached hydrogens (tertiary/aromatic N) is 1. The number of rotatable bonds is 7. The van der Waals surface area contributed by atoms with Crippen molar-refractivity contribution in [2.24, 2.45) is 17.3 Å². The van der Waals surface area contributed by atoms with Gasteiger partial charge >= 0.3 is 6.03 Å². The molecule has 1 saturated heterocycles. The van der Waals surface area contributed by atoms with Crippen molar-refractivity contribution in [3.63, 3.8) is 0 Å². The Morgan fingerprint density at radius 3 is 2.55 bits per heavy atom. The van der Waals surface area contributed by atoms with Crippen LogP contribution in [-0.4, -0.2) is 54.4 Å². The van der Waals surface area contributed by atoms with E-state index in [1.807, 2.05) is 27.7 Å². The molecule has 2 amide bonds. The van der Waals surface area contributed by atoms with Crippen LogP contribution in [0.2, 0.25) is 0 Å². The van der Waals surface area contributed by atoms with Crippen molar-refractivity contribution >= 4 is 6.03 Å². The molecule has 1 aliphatic heterocycles. The third-order valence-corrected chi connectivity index (χ3v) is 5.07. The first kappa shape index (κ1) is 17.5. The second-order valence-electron chi connectivity index (χ2n) is 8.12. The number of aliphatic hydroxyl groups excluding tert-OH is 1. The lowest BCUT2D eigenvalue weighted by molar-refractivity contribution is 0.0151. The maximum Gasteiger partial charge on any atom is 0.314 e. The predicted molar refractivity (Wildman–Crippen MR) is 88.7 cm³/mol. The summed E-state index contributed by atoms with van der Waals surface area (Å²) in [5, 5.41) is 16.1. The van der Waals surface area contributed by atoms with Crippen LogP contribution in [-0.2, 0) is 0 Å². The smallest absolute Gasteiger partial charge is 0.314 e. The van der Waals surface area contributed by atoms with Gasteiger partial charge in [0.15, 0.2) is 0 Å². The molecule has 1 aliphatic carbocycles. The van der Waals surface area contributed by atoms with Gasteiger partial charge in [-0.15, -0.1) is 0 Å². The molecule has 0 spiro atoms. The van der Waals surface area contributed by atoms with E-state index in [1.54, 1.807) is 0 Å². The molecule has 5 nitrogen and oxygen atoms in total. The SMILES string of the molecule is CC(C)[C@@H](O)C(C)(C)CNC(=O)NC[C@@H]1CCN(C2CC2)C1. The predicted octanol–water partition coefficient (Wildman–Crippen LogP) is 1.81. The Morgan fingerprint density at radius 2 is 1.95 bits per heavy atom. The lowest BCUT2D eigenvalue weighted by Crippen LogP contribution is -2.47. The highest BCUT2D eigenvalue weighted by atomic mass is 16.3. The van der Waals surface area contributed by atoms with Crippen LogP contribution < -0.4 is 10.6 Å². The first-order valence-corrected chi connectivity index (χ1v) is 8.73. The van der Waals surface area contributed by atoms with E-state index >= 15 is 0 Å². The van der Waals surface area contributed by atoms with Gasteiger partial charge < -0.3 is 20.6 Å². The minimum atomic E-state index is -0.422. The largest absolute Gasteiger partial charge is 0.392 e. The quantitative estimate of drug-likeness (QED) is 0.672. The highest BCUT2D eigenvalue weighted by Gasteiger charge is 2.34. The summed E-state index contributed by atoms with van der Waals surface area (Å²) in [5.74, 6) is 0.771. The standard InChI is InChI=1S/C17H33N3O2/c1-12(2)15(21)17(3,4)11-19-16(22)18-9-13-7-8-20(10-13)14-5-6-14/h12-15,21H,5-11H2,1-4H3,(H2,18,19,22)/t13-,15+/m0/s1. The van der Waals surface area contributed by atoms with Gasteiger partial charge in [0.05, 0.1) is 6.10 Å². The molecular formula is C17H33N3O2. The molecule has 22 heavy (non-hydrogen) atoms. The van der Waals surface area contributed by atoms with Gasteiger partial charge in [-0.05, 0) is 37.6 Å². The van der Waals surface area contributed by atoms with E-state index in [9.17, 15) is 9.90 Å². The molecule has 1 saturated carbocycles. The number of urea groups is 1. The second-order valence-corrected chi connectivity index (χ2v) is 8.12. The zero-order chi connectivity index (χ0) is 16.3. The third kappa shape index (κ3) is 4.85. The number of carbonyl (C=O) groups excluding carboxylic acids is 1. The summed E-state index contributed by atoms with van der Waals surface area (Å²) >= 11 is 0. The highest BCUT2D eigenvalue weighted by Crippen LogP contribution is 2.31. The average Bonchev–Trinajstić information content (AvgIpc) is 3.21. The molecule has 0 aromatic carbocycles. The summed E-state index contributed by atoms with van der Waals surface area (Å²) in [5.41, 5.74) is -0.318. The molecular weight excluding hydrogens is 278 g/mol. The minimum Gasteiger partial charge on any atom is -0.392 e. The molecule has 2 fully saturated rings. The van der Waals surface area contributed by atoms with E-state index in [4.69, 9.17) is 0 Å². The maximum absolute atomic E-state index is 11.9. The van der Waals surface area contributed by atoms with Crippen LogP contribution in [0.15, 0.2) is 0 Å². The van der Waals surface area contributed by atoms with Gasteiger partial charge in [-0.1, -0.05) is 27.7 Å². The van der Waals surface area contributed by atoms with Gasteiger partial charge in [0.2, 0.25) is 0 Å². The van der Waals surface area contributed by atoms with Crippen LogP contribution in [0.4, 0.5) is 4.79 Å². The summed E-state index contributed by atoms with van der Waals surface area (Å²) < 4.78 is 0. The molecule has 0 aromatic rings. The minimum absolute atomic E-state index is 0.117. The summed E-state index contributed by atoms with van der Waals surface area (Å²) in [4.78, 5) is 14.5. The Hall–Kier alpha value is -0.810. The van der Waals surface area contributed by atoms with Crippen molar-refractivity contribution < 1.29 is 9.90 Å². The van der Waals surface area contributed by atoms with Gasteiger partial charge in [-0.25, -0.2) is 4.79 Å². The third-order valence-electron chi connectivity index (χ3n) is 5.07. The molecule has 0 aromatic heterocycles. The van der Waals surface area contributed by atoms with Gasteiger partial charge in [-0.3, -0.25) is 0 Å². The van der Waals surface area contributed by atoms with E-state index in [2.05, 4.69) is 15.5 Å². The second kappa shape index (κ2) is 7.18. The Labute approximate surface area is 134 Å². The Kier molecular flexibility index (Phi) is 5.72. The molecule has 2 rings (SSSR count). The van der Waals surface area contributed by atoms with Gasteiger partial charge in [0.1, 0.15) is 0 Å². The van der Waals surface area contributed by atoms with Crippen LogP contribution in [0.3, 0.4) is 0 Å². The van der Waals surface area contributed by atoms with Crippen molar-refractivity contribution in [1.29, 1.82) is 0 Å². The van der Waals surface area contributed by atoms with Crippen LogP contribution in [0.25, 0.3) is 0 Å². The fourth-order valence-electron chi connectivity index (χ4n) is 3.42. The molecule has 5 heteroatoms. The van der Waals surface area contributed by atoms with E-state index in [0.717, 1.165) is 19.1 Å². The first-order chi connectivity index (χ1) is 10.3. The average molecular weight is 311 g/mol. The summed E-state index contributed by atoms with van der Waals surface area (Å²) in [7, 11) is 0. The van der Waals surface area contributed by atoms with Gasteiger partial charge in [0.25, 0.3) is 0 Å². The summed E-state index contributed by atoms with van der Waals surface area (Å²) in [6, 6.07) is 0.714. The fraction of sp³-hybridized carbons (Fsp3) is 0.941. The van der Waals surface area contributed by atoms with E-state index < -0.39 is 6.10 Å². The number of amides is 2. The zero-order valence-corrected chi connectivity index (χ0v) is 14.6. The summed E-state index contributed by atoms with van der Waals surface area (Å²) in [6.45, 7) is 11.5. The van der Waals surface area contributed by atoms with E-state index in [1.165, 1.54) is 25.8 Å². The van der Waals surface area contributed by atoms with Crippen LogP contribution in [0, 0.1) is 17.3 Å². The molecule has 128 valence electrons. The lowest BCUT2D eigenvalue weighted by Gasteiger charge is -2.33. The molecule has 2 aliphatic rings. The topological polar surface area (TPSA) is 64.6 Å². The summed E-state index contributed by atoms with van der Waals surface area (Å²) in [6.07, 6.45) is 3.48. The van der Waals surface area contributed by atoms with Crippen LogP contribution >= 0.6 is 0 Å². The van der Waals surface area contributed by atoms with Crippen molar-refractivity contribution in [3.8, 4) is 0 Å². The van der Waals surface area contributed by atoms with Crippen molar-refractivity contribution in [2.45, 2.75) is 59.1 Å². The normalized spacial score (nSPS) is 24.5. The zero-order valence-electron chi connectivity index (χ0n) is 14.6. The van der Waals surface area contributed by atoms with E-state index in [0.29, 0.717) is 12.5 Å². The van der Waals surface area contributed by atoms with Crippen LogP contribution in [0.1, 0.15) is 47.0 Å². The Balaban J connectivity index is 1.63. The number of likely N-dealkylation sites (tertiary alicyclic amines) is 1. The fourth-order valence-corrected chi connectivity index (χ4v) is 3.42. The number of hydrogen-bond acceptors (Lipinski definition) is 3. The molecule has 1 heterocycles. The van der Waals surface area contributed by atoms with Crippen molar-refractivity contribution in [3.05, 3.63) is 0 Å². The highest BCUT2D eigenvalue weighted by molar-refractivity contribution is 5.73. The van der Waals surface area contributed by atoms with Crippen LogP contribution in [0.5, 0.6) is 0 Å². The molecule has 0 bridgehead atoms. The maximum atomic E-state index is 11.9. The Bertz CT molecular complexity index is 380. The number of hydrogen-bond donors (Lipinski definition) is 3. The number of aliphatic hydroxyl groups is 1. The van der Waals surface area contributed by atoms with Gasteiger partial charge in [-0.2, -0.15) is 0 Å².